The summed E-state index contributed by atoms with van der Waals surface area (Å²) < 4.78 is 5.64. The summed E-state index contributed by atoms with van der Waals surface area (Å²) in [5, 5.41) is 14.1. The van der Waals surface area contributed by atoms with Crippen LogP contribution in [0.3, 0.4) is 0 Å². The van der Waals surface area contributed by atoms with E-state index in [0.717, 1.165) is 5.56 Å². The summed E-state index contributed by atoms with van der Waals surface area (Å²) in [6.45, 7) is 6.66. The highest BCUT2D eigenvalue weighted by Gasteiger charge is 2.52. The molecular formula is C26H31N3O6. The number of anilines is 1. The van der Waals surface area contributed by atoms with Crippen molar-refractivity contribution < 1.29 is 29.0 Å². The van der Waals surface area contributed by atoms with E-state index in [1.54, 1.807) is 33.8 Å². The number of ether oxygens (including phenoxy) is 1. The summed E-state index contributed by atoms with van der Waals surface area (Å²) in [5.41, 5.74) is -0.726. The zero-order valence-electron chi connectivity index (χ0n) is 20.3. The summed E-state index contributed by atoms with van der Waals surface area (Å²) in [7, 11) is 0. The van der Waals surface area contributed by atoms with Crippen LogP contribution < -0.4 is 10.6 Å². The number of benzene rings is 2. The van der Waals surface area contributed by atoms with Gasteiger partial charge in [-0.2, -0.15) is 0 Å². The maximum Gasteiger partial charge on any atom is 0.335 e. The first-order valence-electron chi connectivity index (χ1n) is 11.4. The van der Waals surface area contributed by atoms with Crippen molar-refractivity contribution in [3.63, 3.8) is 0 Å². The fraction of sp³-hybridized carbons (Fsp3) is 0.385. The molecule has 1 saturated heterocycles. The number of nitrogens with one attached hydrogen (secondary N) is 2. The van der Waals surface area contributed by atoms with Gasteiger partial charge in [0.2, 0.25) is 5.91 Å². The SMILES string of the molecule is CC(C)(C)OC(=O)C1(C)CCC(c2ccccc2)N1C(=O)CNC(=O)Nc1cccc(C(=O)O)c1. The van der Waals surface area contributed by atoms with E-state index in [9.17, 15) is 19.2 Å². The number of carbonyl (C=O) groups excluding carboxylic acids is 3. The van der Waals surface area contributed by atoms with Crippen LogP contribution in [0.25, 0.3) is 0 Å². The van der Waals surface area contributed by atoms with Gasteiger partial charge in [0, 0.05) is 5.69 Å². The van der Waals surface area contributed by atoms with Crippen LogP contribution in [0.5, 0.6) is 0 Å². The predicted octanol–water partition coefficient (Wildman–Crippen LogP) is 3.97. The first-order valence-corrected chi connectivity index (χ1v) is 11.4. The van der Waals surface area contributed by atoms with Crippen molar-refractivity contribution in [2.24, 2.45) is 0 Å². The Labute approximate surface area is 204 Å². The highest BCUT2D eigenvalue weighted by molar-refractivity contribution is 5.96. The quantitative estimate of drug-likeness (QED) is 0.536. The maximum atomic E-state index is 13.4. The van der Waals surface area contributed by atoms with Gasteiger partial charge in [0.15, 0.2) is 0 Å². The molecular weight excluding hydrogens is 450 g/mol. The number of aromatic carboxylic acids is 1. The maximum absolute atomic E-state index is 13.4. The summed E-state index contributed by atoms with van der Waals surface area (Å²) in [6, 6.07) is 14.2. The van der Waals surface area contributed by atoms with E-state index in [0.29, 0.717) is 12.8 Å². The summed E-state index contributed by atoms with van der Waals surface area (Å²) >= 11 is 0. The topological polar surface area (TPSA) is 125 Å². The van der Waals surface area contributed by atoms with Gasteiger partial charge in [-0.3, -0.25) is 4.79 Å². The molecule has 0 radical (unpaired) electrons. The molecule has 3 amide bonds. The van der Waals surface area contributed by atoms with E-state index >= 15 is 0 Å². The van der Waals surface area contributed by atoms with Gasteiger partial charge < -0.3 is 25.4 Å². The second-order valence-electron chi connectivity index (χ2n) is 9.70. The largest absolute Gasteiger partial charge is 0.478 e. The van der Waals surface area contributed by atoms with E-state index in [2.05, 4.69) is 10.6 Å². The van der Waals surface area contributed by atoms with Gasteiger partial charge in [0.1, 0.15) is 11.1 Å². The number of likely N-dealkylation sites (tertiary alicyclic amines) is 1. The van der Waals surface area contributed by atoms with Gasteiger partial charge in [-0.1, -0.05) is 36.4 Å². The minimum atomic E-state index is -1.20. The van der Waals surface area contributed by atoms with Crippen molar-refractivity contribution in [2.75, 3.05) is 11.9 Å². The molecule has 2 unspecified atom stereocenters. The van der Waals surface area contributed by atoms with Gasteiger partial charge in [-0.15, -0.1) is 0 Å². The molecule has 0 bridgehead atoms. The summed E-state index contributed by atoms with van der Waals surface area (Å²) in [6.07, 6.45) is 0.987. The van der Waals surface area contributed by atoms with Crippen LogP contribution in [0, 0.1) is 0 Å². The third-order valence-corrected chi connectivity index (χ3v) is 5.81. The molecule has 186 valence electrons. The average molecular weight is 482 g/mol. The standard InChI is InChI=1S/C26H31N3O6/c1-25(2,3)35-23(33)26(4)14-13-20(17-9-6-5-7-10-17)29(26)21(30)16-27-24(34)28-19-12-8-11-18(15-19)22(31)32/h5-12,15,20H,13-14,16H2,1-4H3,(H,31,32)(H2,27,28,34). The molecule has 1 fully saturated rings. The number of nitrogens with zero attached hydrogens (tertiary/aromatic N) is 1. The van der Waals surface area contributed by atoms with Gasteiger partial charge in [0.05, 0.1) is 18.2 Å². The van der Waals surface area contributed by atoms with Crippen LogP contribution in [0.2, 0.25) is 0 Å². The van der Waals surface area contributed by atoms with Crippen LogP contribution in [-0.2, 0) is 14.3 Å². The normalized spacial score (nSPS) is 19.7. The lowest BCUT2D eigenvalue weighted by atomic mass is 9.98. The minimum Gasteiger partial charge on any atom is -0.478 e. The second kappa shape index (κ2) is 10.2. The smallest absolute Gasteiger partial charge is 0.335 e. The van der Waals surface area contributed by atoms with E-state index in [1.807, 2.05) is 30.3 Å². The molecule has 2 aromatic carbocycles. The number of carboxylic acid groups (broad SMARTS) is 1. The number of rotatable bonds is 6. The molecule has 35 heavy (non-hydrogen) atoms. The fourth-order valence-corrected chi connectivity index (χ4v) is 4.19. The van der Waals surface area contributed by atoms with Gasteiger partial charge in [-0.05, 0) is 64.3 Å². The Morgan fingerprint density at radius 3 is 2.40 bits per heavy atom. The fourth-order valence-electron chi connectivity index (χ4n) is 4.19. The Hall–Kier alpha value is -3.88. The molecule has 3 N–H and O–H groups in total. The van der Waals surface area contributed by atoms with E-state index in [4.69, 9.17) is 9.84 Å². The Morgan fingerprint density at radius 1 is 1.09 bits per heavy atom. The predicted molar refractivity (Wildman–Crippen MR) is 130 cm³/mol. The van der Waals surface area contributed by atoms with Gasteiger partial charge in [0.25, 0.3) is 0 Å². The lowest BCUT2D eigenvalue weighted by Crippen LogP contribution is -2.56. The number of esters is 1. The zero-order chi connectivity index (χ0) is 25.8. The highest BCUT2D eigenvalue weighted by Crippen LogP contribution is 2.43. The third-order valence-electron chi connectivity index (χ3n) is 5.81. The van der Waals surface area contributed by atoms with Crippen molar-refractivity contribution in [1.29, 1.82) is 0 Å². The van der Waals surface area contributed by atoms with Crippen LogP contribution in [0.4, 0.5) is 10.5 Å². The second-order valence-corrected chi connectivity index (χ2v) is 9.70. The molecule has 0 spiro atoms. The van der Waals surface area contributed by atoms with Gasteiger partial charge in [-0.25, -0.2) is 14.4 Å². The summed E-state index contributed by atoms with van der Waals surface area (Å²) in [5.74, 6) is -2.04. The van der Waals surface area contributed by atoms with E-state index in [-0.39, 0.29) is 23.8 Å². The molecule has 3 rings (SSSR count). The van der Waals surface area contributed by atoms with Crippen LogP contribution in [0.1, 0.15) is 62.5 Å². The summed E-state index contributed by atoms with van der Waals surface area (Å²) in [4.78, 5) is 51.7. The van der Waals surface area contributed by atoms with Crippen molar-refractivity contribution in [3.8, 4) is 0 Å². The van der Waals surface area contributed by atoms with Crippen molar-refractivity contribution in [2.45, 2.75) is 57.7 Å². The average Bonchev–Trinajstić information content (AvgIpc) is 3.16. The highest BCUT2D eigenvalue weighted by atomic mass is 16.6. The number of carboxylic acids is 1. The van der Waals surface area contributed by atoms with Crippen LogP contribution in [0.15, 0.2) is 54.6 Å². The molecule has 2 aromatic rings. The van der Waals surface area contributed by atoms with E-state index in [1.165, 1.54) is 23.1 Å². The molecule has 1 aliphatic rings. The van der Waals surface area contributed by atoms with Crippen LogP contribution in [-0.4, -0.2) is 51.6 Å². The molecule has 0 aromatic heterocycles. The Morgan fingerprint density at radius 2 is 1.77 bits per heavy atom. The van der Waals surface area contributed by atoms with Crippen molar-refractivity contribution in [1.82, 2.24) is 10.2 Å². The molecule has 0 aliphatic carbocycles. The number of hydrogen-bond donors (Lipinski definition) is 3. The lowest BCUT2D eigenvalue weighted by Gasteiger charge is -2.38. The first kappa shape index (κ1) is 25.7. The number of hydrogen-bond acceptors (Lipinski definition) is 5. The van der Waals surface area contributed by atoms with Gasteiger partial charge >= 0.3 is 18.0 Å². The zero-order valence-corrected chi connectivity index (χ0v) is 20.3. The molecule has 9 nitrogen and oxygen atoms in total. The molecule has 0 saturated carbocycles. The van der Waals surface area contributed by atoms with E-state index < -0.39 is 35.0 Å². The molecule has 1 heterocycles. The Kier molecular flexibility index (Phi) is 7.48. The lowest BCUT2D eigenvalue weighted by molar-refractivity contribution is -0.171. The molecule has 1 aliphatic heterocycles. The minimum absolute atomic E-state index is 0.0229. The van der Waals surface area contributed by atoms with Crippen molar-refractivity contribution in [3.05, 3.63) is 65.7 Å². The number of urea groups is 1. The third kappa shape index (κ3) is 6.17. The number of carbonyl (C=O) groups is 4. The first-order chi connectivity index (χ1) is 16.4. The molecule has 9 heteroatoms. The number of amides is 3. The van der Waals surface area contributed by atoms with Crippen LogP contribution >= 0.6 is 0 Å². The van der Waals surface area contributed by atoms with Crippen molar-refractivity contribution >= 4 is 29.6 Å². The monoisotopic (exact) mass is 481 g/mol. The Balaban J connectivity index is 1.77. The Bertz CT molecular complexity index is 1110. The molecule has 2 atom stereocenters.